The molecule has 0 bridgehead atoms. The van der Waals surface area contributed by atoms with Crippen LogP contribution in [0, 0.1) is 0 Å². The van der Waals surface area contributed by atoms with Crippen LogP contribution in [-0.2, 0) is 17.0 Å². The summed E-state index contributed by atoms with van der Waals surface area (Å²) in [7, 11) is 0. The summed E-state index contributed by atoms with van der Waals surface area (Å²) in [6.07, 6.45) is 0. The molecule has 0 aliphatic carbocycles. The average molecular weight is 500 g/mol. The zero-order valence-corrected chi connectivity index (χ0v) is 21.0. The van der Waals surface area contributed by atoms with E-state index in [0.717, 1.165) is 39.3 Å². The van der Waals surface area contributed by atoms with Gasteiger partial charge in [-0.2, -0.15) is 5.48 Å². The van der Waals surface area contributed by atoms with Gasteiger partial charge >= 0.3 is 0 Å². The second kappa shape index (κ2) is 10.9. The van der Waals surface area contributed by atoms with Crippen LogP contribution < -0.4 is 15.0 Å². The highest BCUT2D eigenvalue weighted by atomic mass is 16.7. The zero-order chi connectivity index (χ0) is 25.6. The van der Waals surface area contributed by atoms with Gasteiger partial charge in [0.25, 0.3) is 0 Å². The molecule has 0 spiro atoms. The van der Waals surface area contributed by atoms with Gasteiger partial charge in [-0.3, -0.25) is 4.84 Å². The summed E-state index contributed by atoms with van der Waals surface area (Å²) < 4.78 is 12.1. The molecule has 0 radical (unpaired) electrons. The van der Waals surface area contributed by atoms with Gasteiger partial charge in [0.05, 0.1) is 6.04 Å². The summed E-state index contributed by atoms with van der Waals surface area (Å²) in [5.74, 6) is 1.59. The molecule has 5 aromatic carbocycles. The van der Waals surface area contributed by atoms with E-state index in [9.17, 15) is 0 Å². The molecule has 1 heterocycles. The van der Waals surface area contributed by atoms with Crippen molar-refractivity contribution in [3.63, 3.8) is 0 Å². The Balaban J connectivity index is 1.28. The Hall–Kier alpha value is -4.38. The van der Waals surface area contributed by atoms with Crippen LogP contribution in [0.15, 0.2) is 140 Å². The Kier molecular flexibility index (Phi) is 6.90. The predicted octanol–water partition coefficient (Wildman–Crippen LogP) is 7.21. The third kappa shape index (κ3) is 4.80. The summed E-state index contributed by atoms with van der Waals surface area (Å²) in [6, 6.07) is 47.0. The SMILES string of the molecule is c1ccc(COc2ccc3c(c2)OCC3NOC(c2ccccc2)(c2ccccc2)c2ccccc2)cc1. The number of ether oxygens (including phenoxy) is 2. The van der Waals surface area contributed by atoms with Crippen molar-refractivity contribution in [3.05, 3.63) is 167 Å². The van der Waals surface area contributed by atoms with E-state index in [1.165, 1.54) is 0 Å². The number of hydroxylamine groups is 1. The Morgan fingerprint density at radius 2 is 1.18 bits per heavy atom. The van der Waals surface area contributed by atoms with Gasteiger partial charge in [-0.25, -0.2) is 0 Å². The van der Waals surface area contributed by atoms with E-state index in [-0.39, 0.29) is 6.04 Å². The molecule has 188 valence electrons. The highest BCUT2D eigenvalue weighted by Crippen LogP contribution is 2.42. The van der Waals surface area contributed by atoms with Gasteiger partial charge in [0.15, 0.2) is 5.60 Å². The fourth-order valence-corrected chi connectivity index (χ4v) is 4.97. The molecule has 1 unspecified atom stereocenters. The number of fused-ring (bicyclic) bond motifs is 1. The number of benzene rings is 5. The molecule has 0 saturated heterocycles. The van der Waals surface area contributed by atoms with E-state index in [2.05, 4.69) is 60.1 Å². The molecular weight excluding hydrogens is 470 g/mol. The largest absolute Gasteiger partial charge is 0.491 e. The van der Waals surface area contributed by atoms with Gasteiger partial charge in [-0.15, -0.1) is 0 Å². The lowest BCUT2D eigenvalue weighted by Crippen LogP contribution is -2.40. The van der Waals surface area contributed by atoms with Gasteiger partial charge in [0, 0.05) is 11.6 Å². The lowest BCUT2D eigenvalue weighted by molar-refractivity contribution is -0.0800. The first kappa shape index (κ1) is 24.0. The van der Waals surface area contributed by atoms with E-state index >= 15 is 0 Å². The molecule has 4 nitrogen and oxygen atoms in total. The highest BCUT2D eigenvalue weighted by molar-refractivity contribution is 5.48. The molecule has 6 rings (SSSR count). The minimum atomic E-state index is -0.856. The Bertz CT molecular complexity index is 1360. The van der Waals surface area contributed by atoms with Crippen LogP contribution in [0.1, 0.15) is 33.9 Å². The van der Waals surface area contributed by atoms with E-state index in [1.807, 2.05) is 84.9 Å². The van der Waals surface area contributed by atoms with Crippen molar-refractivity contribution in [1.82, 2.24) is 5.48 Å². The van der Waals surface area contributed by atoms with Crippen LogP contribution in [0.5, 0.6) is 11.5 Å². The first-order chi connectivity index (χ1) is 18.8. The van der Waals surface area contributed by atoms with Gasteiger partial charge in [-0.05, 0) is 34.4 Å². The standard InChI is InChI=1S/C34H29NO3/c1-5-13-26(14-6-1)24-36-30-21-22-31-32(25-37-33(31)23-30)35-38-34(27-15-7-2-8-16-27,28-17-9-3-10-18-28)29-19-11-4-12-20-29/h1-23,32,35H,24-25H2. The second-order valence-electron chi connectivity index (χ2n) is 9.34. The molecule has 5 aromatic rings. The molecule has 1 aliphatic rings. The summed E-state index contributed by atoms with van der Waals surface area (Å²) in [5.41, 5.74) is 7.80. The van der Waals surface area contributed by atoms with Crippen LogP contribution in [0.2, 0.25) is 0 Å². The fraction of sp³-hybridized carbons (Fsp3) is 0.118. The average Bonchev–Trinajstić information content (AvgIpc) is 3.41. The van der Waals surface area contributed by atoms with E-state index in [0.29, 0.717) is 13.2 Å². The zero-order valence-electron chi connectivity index (χ0n) is 21.0. The lowest BCUT2D eigenvalue weighted by Gasteiger charge is -2.36. The van der Waals surface area contributed by atoms with Crippen LogP contribution in [0.3, 0.4) is 0 Å². The van der Waals surface area contributed by atoms with Gasteiger partial charge in [-0.1, -0.05) is 121 Å². The van der Waals surface area contributed by atoms with Crippen molar-refractivity contribution < 1.29 is 14.3 Å². The quantitative estimate of drug-likeness (QED) is 0.172. The van der Waals surface area contributed by atoms with Crippen molar-refractivity contribution in [1.29, 1.82) is 0 Å². The van der Waals surface area contributed by atoms with E-state index in [1.54, 1.807) is 0 Å². The predicted molar refractivity (Wildman–Crippen MR) is 149 cm³/mol. The van der Waals surface area contributed by atoms with Crippen molar-refractivity contribution in [2.45, 2.75) is 18.2 Å². The van der Waals surface area contributed by atoms with Crippen LogP contribution in [-0.4, -0.2) is 6.61 Å². The minimum absolute atomic E-state index is 0.135. The van der Waals surface area contributed by atoms with Crippen molar-refractivity contribution in [3.8, 4) is 11.5 Å². The third-order valence-corrected chi connectivity index (χ3v) is 6.91. The van der Waals surface area contributed by atoms with E-state index < -0.39 is 5.60 Å². The molecule has 1 N–H and O–H groups in total. The first-order valence-corrected chi connectivity index (χ1v) is 12.9. The molecule has 0 aromatic heterocycles. The summed E-state index contributed by atoms with van der Waals surface area (Å²) >= 11 is 0. The third-order valence-electron chi connectivity index (χ3n) is 6.91. The van der Waals surface area contributed by atoms with Gasteiger partial charge in [0.2, 0.25) is 0 Å². The van der Waals surface area contributed by atoms with Crippen LogP contribution in [0.4, 0.5) is 0 Å². The topological polar surface area (TPSA) is 39.7 Å². The van der Waals surface area contributed by atoms with Crippen molar-refractivity contribution >= 4 is 0 Å². The monoisotopic (exact) mass is 499 g/mol. The molecule has 38 heavy (non-hydrogen) atoms. The van der Waals surface area contributed by atoms with Crippen LogP contribution in [0.25, 0.3) is 0 Å². The van der Waals surface area contributed by atoms with Gasteiger partial charge < -0.3 is 9.47 Å². The van der Waals surface area contributed by atoms with Gasteiger partial charge in [0.1, 0.15) is 24.7 Å². The maximum atomic E-state index is 6.80. The molecule has 0 saturated carbocycles. The Morgan fingerprint density at radius 1 is 0.658 bits per heavy atom. The maximum absolute atomic E-state index is 6.80. The number of hydrogen-bond donors (Lipinski definition) is 1. The molecule has 0 fully saturated rings. The fourth-order valence-electron chi connectivity index (χ4n) is 4.97. The molecule has 1 aliphatic heterocycles. The number of rotatable bonds is 9. The van der Waals surface area contributed by atoms with Crippen molar-refractivity contribution in [2.75, 3.05) is 6.61 Å². The number of hydrogen-bond acceptors (Lipinski definition) is 4. The second-order valence-corrected chi connectivity index (χ2v) is 9.34. The number of nitrogens with one attached hydrogen (secondary N) is 1. The van der Waals surface area contributed by atoms with Crippen LogP contribution >= 0.6 is 0 Å². The minimum Gasteiger partial charge on any atom is -0.491 e. The smallest absolute Gasteiger partial charge is 0.165 e. The molecule has 0 amide bonds. The summed E-state index contributed by atoms with van der Waals surface area (Å²) in [5, 5.41) is 0. The van der Waals surface area contributed by atoms with E-state index in [4.69, 9.17) is 14.3 Å². The molecular formula is C34H29NO3. The highest BCUT2D eigenvalue weighted by Gasteiger charge is 2.39. The maximum Gasteiger partial charge on any atom is 0.165 e. The molecule has 1 atom stereocenters. The Labute approximate surface area is 223 Å². The molecule has 4 heteroatoms. The van der Waals surface area contributed by atoms with Crippen molar-refractivity contribution in [2.24, 2.45) is 0 Å². The lowest BCUT2D eigenvalue weighted by atomic mass is 9.80. The summed E-state index contributed by atoms with van der Waals surface area (Å²) in [4.78, 5) is 6.80. The first-order valence-electron chi connectivity index (χ1n) is 12.9. The summed E-state index contributed by atoms with van der Waals surface area (Å²) in [6.45, 7) is 0.976. The Morgan fingerprint density at radius 3 is 1.74 bits per heavy atom. The normalized spacial score (nSPS) is 14.5.